The van der Waals surface area contributed by atoms with Gasteiger partial charge in [0.1, 0.15) is 0 Å². The average Bonchev–Trinajstić information content (AvgIpc) is 2.78. The number of ether oxygens (including phenoxy) is 1. The van der Waals surface area contributed by atoms with Gasteiger partial charge in [-0.1, -0.05) is 0 Å². The van der Waals surface area contributed by atoms with E-state index in [0.717, 1.165) is 25.8 Å². The van der Waals surface area contributed by atoms with Crippen molar-refractivity contribution < 1.29 is 17.7 Å². The summed E-state index contributed by atoms with van der Waals surface area (Å²) >= 11 is 0. The van der Waals surface area contributed by atoms with E-state index in [1.165, 1.54) is 0 Å². The summed E-state index contributed by atoms with van der Waals surface area (Å²) in [6, 6.07) is 0. The highest BCUT2D eigenvalue weighted by Gasteiger charge is 2.44. The van der Waals surface area contributed by atoms with Crippen LogP contribution in [0.25, 0.3) is 0 Å². The zero-order chi connectivity index (χ0) is 11.8. The van der Waals surface area contributed by atoms with E-state index in [9.17, 15) is 12.9 Å². The average molecular weight is 234 g/mol. The Morgan fingerprint density at radius 3 is 2.69 bits per heavy atom. The minimum absolute atomic E-state index is 0.0488. The summed E-state index contributed by atoms with van der Waals surface area (Å²) in [5, 5.41) is 0. The molecule has 2 heterocycles. The Morgan fingerprint density at radius 1 is 1.38 bits per heavy atom. The first-order chi connectivity index (χ1) is 7.44. The summed E-state index contributed by atoms with van der Waals surface area (Å²) in [4.78, 5) is 1.91. The second-order valence-electron chi connectivity index (χ2n) is 4.79. The van der Waals surface area contributed by atoms with Gasteiger partial charge >= 0.3 is 6.98 Å². The Hall–Kier alpha value is -0.485. The molecule has 0 saturated carbocycles. The Balaban J connectivity index is 2.02. The summed E-state index contributed by atoms with van der Waals surface area (Å²) < 4.78 is 42.8. The van der Waals surface area contributed by atoms with E-state index in [0.29, 0.717) is 13.2 Å². The number of rotatable bonds is 3. The maximum absolute atomic E-state index is 12.5. The topological polar surface area (TPSA) is 12.5 Å². The van der Waals surface area contributed by atoms with E-state index >= 15 is 0 Å². The first-order valence-electron chi connectivity index (χ1n) is 5.64. The normalized spacial score (nSPS) is 31.4. The van der Waals surface area contributed by atoms with Crippen LogP contribution in [-0.4, -0.2) is 43.7 Å². The van der Waals surface area contributed by atoms with Gasteiger partial charge < -0.3 is 17.7 Å². The minimum Gasteiger partial charge on any atom is -0.445 e. The molecule has 16 heavy (non-hydrogen) atoms. The second kappa shape index (κ2) is 4.07. The van der Waals surface area contributed by atoms with Crippen LogP contribution in [0.4, 0.5) is 12.9 Å². The predicted molar refractivity (Wildman–Crippen MR) is 57.2 cm³/mol. The molecule has 2 saturated heterocycles. The van der Waals surface area contributed by atoms with Crippen molar-refractivity contribution in [2.75, 3.05) is 26.3 Å². The molecule has 0 bridgehead atoms. The largest absolute Gasteiger partial charge is 0.506 e. The molecule has 2 aliphatic rings. The molecule has 92 valence electrons. The monoisotopic (exact) mass is 234 g/mol. The van der Waals surface area contributed by atoms with E-state index in [1.54, 1.807) is 0 Å². The molecule has 2 fully saturated rings. The lowest BCUT2D eigenvalue weighted by atomic mass is 9.79. The lowest BCUT2D eigenvalue weighted by molar-refractivity contribution is 0.109. The van der Waals surface area contributed by atoms with Crippen molar-refractivity contribution in [1.29, 1.82) is 0 Å². The van der Waals surface area contributed by atoms with E-state index in [4.69, 9.17) is 4.74 Å². The number of nitrogens with zero attached hydrogens (tertiary/aromatic N) is 1. The van der Waals surface area contributed by atoms with Crippen LogP contribution < -0.4 is 0 Å². The summed E-state index contributed by atoms with van der Waals surface area (Å²) in [7, 11) is 0. The molecule has 1 unspecified atom stereocenters. The van der Waals surface area contributed by atoms with Crippen LogP contribution in [-0.2, 0) is 4.74 Å². The molecule has 2 aliphatic heterocycles. The van der Waals surface area contributed by atoms with E-state index in [2.05, 4.69) is 6.58 Å². The summed E-state index contributed by atoms with van der Waals surface area (Å²) in [5.41, 5.74) is -0.724. The van der Waals surface area contributed by atoms with Crippen LogP contribution in [0.1, 0.15) is 19.3 Å². The Kier molecular flexibility index (Phi) is 3.05. The Morgan fingerprint density at radius 2 is 2.12 bits per heavy atom. The van der Waals surface area contributed by atoms with Crippen molar-refractivity contribution in [3.05, 3.63) is 12.1 Å². The second-order valence-corrected chi connectivity index (χ2v) is 4.79. The minimum atomic E-state index is -4.90. The molecular weight excluding hydrogens is 218 g/mol. The fourth-order valence-electron chi connectivity index (χ4n) is 2.63. The molecule has 0 aliphatic carbocycles. The molecule has 1 atom stereocenters. The van der Waals surface area contributed by atoms with Crippen molar-refractivity contribution >= 4 is 6.98 Å². The van der Waals surface area contributed by atoms with Gasteiger partial charge in [-0.15, -0.1) is 12.1 Å². The summed E-state index contributed by atoms with van der Waals surface area (Å²) in [6.45, 7) is 0.184. The SMILES string of the molecule is C=C(CN1CCCC12CCOC2)[B-](F)(F)F. The van der Waals surface area contributed by atoms with Gasteiger partial charge in [-0.05, 0) is 32.4 Å². The molecule has 6 heteroatoms. The molecule has 0 radical (unpaired) electrons. The number of likely N-dealkylation sites (tertiary alicyclic amines) is 1. The van der Waals surface area contributed by atoms with Crippen molar-refractivity contribution in [3.8, 4) is 0 Å². The van der Waals surface area contributed by atoms with Crippen LogP contribution in [0.3, 0.4) is 0 Å². The highest BCUT2D eigenvalue weighted by atomic mass is 19.4. The quantitative estimate of drug-likeness (QED) is 0.694. The van der Waals surface area contributed by atoms with Crippen LogP contribution in [0.2, 0.25) is 0 Å². The van der Waals surface area contributed by atoms with Crippen molar-refractivity contribution in [1.82, 2.24) is 4.90 Å². The van der Waals surface area contributed by atoms with Gasteiger partial charge in [0.05, 0.1) is 6.61 Å². The van der Waals surface area contributed by atoms with Crippen LogP contribution in [0.15, 0.2) is 12.1 Å². The molecule has 2 nitrogen and oxygen atoms in total. The molecule has 0 aromatic rings. The van der Waals surface area contributed by atoms with Crippen molar-refractivity contribution in [2.24, 2.45) is 0 Å². The predicted octanol–water partition coefficient (Wildman–Crippen LogP) is 2.18. The Bertz CT molecular complexity index is 281. The molecule has 0 N–H and O–H groups in total. The van der Waals surface area contributed by atoms with Gasteiger partial charge in [-0.3, -0.25) is 4.90 Å². The fourth-order valence-corrected chi connectivity index (χ4v) is 2.63. The molecule has 1 spiro atoms. The number of halogens is 3. The van der Waals surface area contributed by atoms with Crippen LogP contribution in [0.5, 0.6) is 0 Å². The summed E-state index contributed by atoms with van der Waals surface area (Å²) in [6.07, 6.45) is 2.76. The standard InChI is InChI=1S/C10H16BF3NO/c1-9(11(12,13)14)7-15-5-2-3-10(15)4-6-16-8-10/h1-8H2/q-1. The van der Waals surface area contributed by atoms with E-state index in [1.807, 2.05) is 4.90 Å². The molecule has 2 rings (SSSR count). The van der Waals surface area contributed by atoms with Crippen molar-refractivity contribution in [3.63, 3.8) is 0 Å². The van der Waals surface area contributed by atoms with Crippen LogP contribution >= 0.6 is 0 Å². The Labute approximate surface area is 93.5 Å². The first kappa shape index (κ1) is 12.0. The third kappa shape index (κ3) is 2.13. The fraction of sp³-hybridized carbons (Fsp3) is 0.800. The van der Waals surface area contributed by atoms with Crippen molar-refractivity contribution in [2.45, 2.75) is 24.8 Å². The maximum Gasteiger partial charge on any atom is 0.506 e. The molecule has 0 amide bonds. The molecular formula is C10H16BF3NO-. The number of hydrogen-bond donors (Lipinski definition) is 0. The first-order valence-corrected chi connectivity index (χ1v) is 5.64. The van der Waals surface area contributed by atoms with Gasteiger partial charge in [0.2, 0.25) is 0 Å². The van der Waals surface area contributed by atoms with Gasteiger partial charge in [0.25, 0.3) is 0 Å². The summed E-state index contributed by atoms with van der Waals surface area (Å²) in [5.74, 6) is 0. The highest BCUT2D eigenvalue weighted by Crippen LogP contribution is 2.37. The van der Waals surface area contributed by atoms with Gasteiger partial charge in [0.15, 0.2) is 0 Å². The zero-order valence-electron chi connectivity index (χ0n) is 9.22. The maximum atomic E-state index is 12.5. The van der Waals surface area contributed by atoms with Gasteiger partial charge in [-0.2, -0.15) is 0 Å². The smallest absolute Gasteiger partial charge is 0.445 e. The lowest BCUT2D eigenvalue weighted by Gasteiger charge is -2.36. The third-order valence-electron chi connectivity index (χ3n) is 3.68. The lowest BCUT2D eigenvalue weighted by Crippen LogP contribution is -2.46. The number of hydrogen-bond acceptors (Lipinski definition) is 2. The molecule has 0 aromatic heterocycles. The van der Waals surface area contributed by atoms with E-state index in [-0.39, 0.29) is 12.1 Å². The highest BCUT2D eigenvalue weighted by molar-refractivity contribution is 6.66. The zero-order valence-corrected chi connectivity index (χ0v) is 9.22. The third-order valence-corrected chi connectivity index (χ3v) is 3.68. The van der Waals surface area contributed by atoms with Crippen LogP contribution in [0, 0.1) is 0 Å². The molecule has 0 aromatic carbocycles. The van der Waals surface area contributed by atoms with Gasteiger partial charge in [0, 0.05) is 12.1 Å². The van der Waals surface area contributed by atoms with E-state index < -0.39 is 12.4 Å². The van der Waals surface area contributed by atoms with Gasteiger partial charge in [-0.25, -0.2) is 0 Å².